The molecular formula is C14H23N3. The molecule has 0 amide bonds. The van der Waals surface area contributed by atoms with Gasteiger partial charge in [0.2, 0.25) is 0 Å². The number of nitrogens with one attached hydrogen (secondary N) is 1. The Hall–Kier alpha value is -1.09. The minimum absolute atomic E-state index is 0.642. The van der Waals surface area contributed by atoms with E-state index < -0.39 is 0 Å². The topological polar surface area (TPSA) is 28.2 Å². The number of hydrogen-bond acceptors (Lipinski definition) is 3. The zero-order chi connectivity index (χ0) is 12.3. The standard InChI is InChI=1S/C14H23N3/c1-11-5-7-17(12(2)8-11)14-4-6-16-13(9-14)10-15-3/h4,6,9,11-12,15H,5,7-8,10H2,1-3H3. The van der Waals surface area contributed by atoms with Crippen LogP contribution in [0.15, 0.2) is 18.3 Å². The van der Waals surface area contributed by atoms with Crippen molar-refractivity contribution in [2.24, 2.45) is 5.92 Å². The van der Waals surface area contributed by atoms with Gasteiger partial charge in [0, 0.05) is 31.0 Å². The first-order chi connectivity index (χ1) is 8.20. The van der Waals surface area contributed by atoms with Crippen molar-refractivity contribution >= 4 is 5.69 Å². The molecule has 2 heterocycles. The van der Waals surface area contributed by atoms with Gasteiger partial charge >= 0.3 is 0 Å². The predicted octanol–water partition coefficient (Wildman–Crippen LogP) is 2.43. The molecular weight excluding hydrogens is 210 g/mol. The molecule has 1 N–H and O–H groups in total. The third kappa shape index (κ3) is 2.97. The summed E-state index contributed by atoms with van der Waals surface area (Å²) in [5.41, 5.74) is 2.44. The second-order valence-corrected chi connectivity index (χ2v) is 5.21. The molecule has 1 aromatic heterocycles. The van der Waals surface area contributed by atoms with E-state index in [1.165, 1.54) is 25.1 Å². The van der Waals surface area contributed by atoms with Gasteiger partial charge in [0.15, 0.2) is 0 Å². The van der Waals surface area contributed by atoms with Crippen molar-refractivity contribution in [2.45, 2.75) is 39.3 Å². The summed E-state index contributed by atoms with van der Waals surface area (Å²) in [4.78, 5) is 6.89. The SMILES string of the molecule is CNCc1cc(N2CCC(C)CC2C)ccn1. The quantitative estimate of drug-likeness (QED) is 0.869. The molecule has 0 spiro atoms. The Bertz CT molecular complexity index is 364. The van der Waals surface area contributed by atoms with Crippen molar-refractivity contribution in [3.63, 3.8) is 0 Å². The minimum Gasteiger partial charge on any atom is -0.369 e. The molecule has 0 aromatic carbocycles. The number of nitrogens with zero attached hydrogens (tertiary/aromatic N) is 2. The summed E-state index contributed by atoms with van der Waals surface area (Å²) in [5.74, 6) is 0.861. The van der Waals surface area contributed by atoms with Gasteiger partial charge in [-0.05, 0) is 44.9 Å². The highest BCUT2D eigenvalue weighted by Crippen LogP contribution is 2.27. The number of rotatable bonds is 3. The van der Waals surface area contributed by atoms with E-state index in [1.807, 2.05) is 13.2 Å². The third-order valence-corrected chi connectivity index (χ3v) is 3.63. The maximum Gasteiger partial charge on any atom is 0.0562 e. The zero-order valence-corrected chi connectivity index (χ0v) is 11.1. The molecule has 0 aliphatic carbocycles. The van der Waals surface area contributed by atoms with Crippen LogP contribution in [0.1, 0.15) is 32.4 Å². The average molecular weight is 233 g/mol. The van der Waals surface area contributed by atoms with Gasteiger partial charge in [-0.1, -0.05) is 6.92 Å². The smallest absolute Gasteiger partial charge is 0.0562 e. The van der Waals surface area contributed by atoms with Gasteiger partial charge in [-0.15, -0.1) is 0 Å². The Kier molecular flexibility index (Phi) is 4.00. The second kappa shape index (κ2) is 5.50. The molecule has 2 rings (SSSR count). The van der Waals surface area contributed by atoms with E-state index in [1.54, 1.807) is 0 Å². The maximum atomic E-state index is 4.37. The fraction of sp³-hybridized carbons (Fsp3) is 0.643. The first-order valence-electron chi connectivity index (χ1n) is 6.57. The fourth-order valence-electron chi connectivity index (χ4n) is 2.71. The molecule has 1 saturated heterocycles. The van der Waals surface area contributed by atoms with E-state index in [0.717, 1.165) is 18.2 Å². The van der Waals surface area contributed by atoms with Crippen LogP contribution in [0, 0.1) is 5.92 Å². The lowest BCUT2D eigenvalue weighted by Gasteiger charge is -2.38. The number of aromatic nitrogens is 1. The highest BCUT2D eigenvalue weighted by Gasteiger charge is 2.23. The van der Waals surface area contributed by atoms with Crippen molar-refractivity contribution in [2.75, 3.05) is 18.5 Å². The summed E-state index contributed by atoms with van der Waals surface area (Å²) >= 11 is 0. The van der Waals surface area contributed by atoms with Crippen LogP contribution < -0.4 is 10.2 Å². The lowest BCUT2D eigenvalue weighted by molar-refractivity contribution is 0.378. The lowest BCUT2D eigenvalue weighted by atomic mass is 9.93. The molecule has 0 bridgehead atoms. The van der Waals surface area contributed by atoms with Gasteiger partial charge in [0.05, 0.1) is 5.69 Å². The predicted molar refractivity (Wildman–Crippen MR) is 72.2 cm³/mol. The Balaban J connectivity index is 2.13. The first kappa shape index (κ1) is 12.4. The Morgan fingerprint density at radius 1 is 1.47 bits per heavy atom. The van der Waals surface area contributed by atoms with Crippen LogP contribution in [-0.4, -0.2) is 24.6 Å². The fourth-order valence-corrected chi connectivity index (χ4v) is 2.71. The maximum absolute atomic E-state index is 4.37. The zero-order valence-electron chi connectivity index (χ0n) is 11.1. The van der Waals surface area contributed by atoms with E-state index >= 15 is 0 Å². The average Bonchev–Trinajstić information content (AvgIpc) is 2.29. The van der Waals surface area contributed by atoms with Crippen molar-refractivity contribution in [1.82, 2.24) is 10.3 Å². The van der Waals surface area contributed by atoms with Crippen LogP contribution in [0.2, 0.25) is 0 Å². The molecule has 94 valence electrons. The van der Waals surface area contributed by atoms with Crippen LogP contribution in [0.25, 0.3) is 0 Å². The lowest BCUT2D eigenvalue weighted by Crippen LogP contribution is -2.40. The Labute approximate surface area is 104 Å². The van der Waals surface area contributed by atoms with Crippen LogP contribution >= 0.6 is 0 Å². The Morgan fingerprint density at radius 2 is 2.29 bits per heavy atom. The number of hydrogen-bond donors (Lipinski definition) is 1. The van der Waals surface area contributed by atoms with E-state index in [-0.39, 0.29) is 0 Å². The highest BCUT2D eigenvalue weighted by molar-refractivity contribution is 5.47. The van der Waals surface area contributed by atoms with E-state index in [4.69, 9.17) is 0 Å². The van der Waals surface area contributed by atoms with Crippen molar-refractivity contribution in [3.05, 3.63) is 24.0 Å². The van der Waals surface area contributed by atoms with Crippen LogP contribution in [0.4, 0.5) is 5.69 Å². The van der Waals surface area contributed by atoms with Gasteiger partial charge in [0.25, 0.3) is 0 Å². The normalized spacial score (nSPS) is 25.0. The molecule has 0 saturated carbocycles. The number of pyridine rings is 1. The van der Waals surface area contributed by atoms with Gasteiger partial charge < -0.3 is 10.2 Å². The molecule has 1 fully saturated rings. The Morgan fingerprint density at radius 3 is 3.00 bits per heavy atom. The van der Waals surface area contributed by atoms with E-state index in [9.17, 15) is 0 Å². The van der Waals surface area contributed by atoms with Crippen molar-refractivity contribution in [1.29, 1.82) is 0 Å². The molecule has 3 heteroatoms. The summed E-state index contributed by atoms with van der Waals surface area (Å²) in [6.45, 7) is 6.69. The molecule has 2 atom stereocenters. The highest BCUT2D eigenvalue weighted by atomic mass is 15.2. The van der Waals surface area contributed by atoms with E-state index in [0.29, 0.717) is 6.04 Å². The summed E-state index contributed by atoms with van der Waals surface area (Å²) < 4.78 is 0. The number of piperidine rings is 1. The van der Waals surface area contributed by atoms with E-state index in [2.05, 4.69) is 41.2 Å². The molecule has 1 aliphatic rings. The summed E-state index contributed by atoms with van der Waals surface area (Å²) in [7, 11) is 1.96. The van der Waals surface area contributed by atoms with Gasteiger partial charge in [-0.3, -0.25) is 4.98 Å². The molecule has 17 heavy (non-hydrogen) atoms. The molecule has 0 radical (unpaired) electrons. The molecule has 1 aromatic rings. The second-order valence-electron chi connectivity index (χ2n) is 5.21. The summed E-state index contributed by atoms with van der Waals surface area (Å²) in [6.07, 6.45) is 4.52. The van der Waals surface area contributed by atoms with Gasteiger partial charge in [-0.25, -0.2) is 0 Å². The first-order valence-corrected chi connectivity index (χ1v) is 6.57. The summed E-state index contributed by atoms with van der Waals surface area (Å²) in [5, 5.41) is 3.15. The monoisotopic (exact) mass is 233 g/mol. The minimum atomic E-state index is 0.642. The van der Waals surface area contributed by atoms with Crippen LogP contribution in [-0.2, 0) is 6.54 Å². The summed E-state index contributed by atoms with van der Waals surface area (Å²) in [6, 6.07) is 4.98. The van der Waals surface area contributed by atoms with Crippen molar-refractivity contribution in [3.8, 4) is 0 Å². The molecule has 3 nitrogen and oxygen atoms in total. The van der Waals surface area contributed by atoms with Gasteiger partial charge in [-0.2, -0.15) is 0 Å². The molecule has 2 unspecified atom stereocenters. The molecule has 1 aliphatic heterocycles. The van der Waals surface area contributed by atoms with Crippen LogP contribution in [0.5, 0.6) is 0 Å². The number of anilines is 1. The third-order valence-electron chi connectivity index (χ3n) is 3.63. The van der Waals surface area contributed by atoms with Crippen molar-refractivity contribution < 1.29 is 0 Å². The van der Waals surface area contributed by atoms with Crippen LogP contribution in [0.3, 0.4) is 0 Å². The van der Waals surface area contributed by atoms with Gasteiger partial charge in [0.1, 0.15) is 0 Å². The largest absolute Gasteiger partial charge is 0.369 e.